The fourth-order valence-corrected chi connectivity index (χ4v) is 2.80. The van der Waals surface area contributed by atoms with Crippen LogP contribution in [0.2, 0.25) is 0 Å². The van der Waals surface area contributed by atoms with Crippen molar-refractivity contribution in [2.24, 2.45) is 0 Å². The van der Waals surface area contributed by atoms with E-state index in [2.05, 4.69) is 54.5 Å². The fourth-order valence-electron chi connectivity index (χ4n) is 0.935. The summed E-state index contributed by atoms with van der Waals surface area (Å²) in [5.74, 6) is 0.121. The number of carbonyl (C=O) groups excluding carboxylic acids is 1. The molecule has 0 aliphatic carbocycles. The van der Waals surface area contributed by atoms with E-state index in [0.29, 0.717) is 0 Å². The summed E-state index contributed by atoms with van der Waals surface area (Å²) in [6.45, 7) is 1.58. The van der Waals surface area contributed by atoms with Crippen LogP contribution in [0.5, 0.6) is 0 Å². The number of rotatable bonds is 2. The molecule has 1 nitrogen and oxygen atoms in total. The van der Waals surface area contributed by atoms with E-state index in [1.807, 2.05) is 18.2 Å². The summed E-state index contributed by atoms with van der Waals surface area (Å²) in [6.07, 6.45) is 0. The van der Waals surface area contributed by atoms with Crippen molar-refractivity contribution in [2.75, 3.05) is 0 Å². The monoisotopic (exact) mass is 416 g/mol. The van der Waals surface area contributed by atoms with E-state index in [4.69, 9.17) is 0 Å². The second-order valence-corrected chi connectivity index (χ2v) is 5.47. The van der Waals surface area contributed by atoms with Crippen molar-refractivity contribution >= 4 is 60.2 Å². The number of benzene rings is 1. The minimum Gasteiger partial charge on any atom is -0.298 e. The molecule has 0 saturated carbocycles. The van der Waals surface area contributed by atoms with Gasteiger partial charge in [-0.2, -0.15) is 0 Å². The van der Waals surface area contributed by atoms with Crippen LogP contribution in [0.4, 0.5) is 0 Å². The minimum atomic E-state index is -0.197. The molecule has 1 aromatic carbocycles. The average Bonchev–Trinajstić information content (AvgIpc) is 2.08. The topological polar surface area (TPSA) is 17.1 Å². The van der Waals surface area contributed by atoms with Crippen molar-refractivity contribution in [1.29, 1.82) is 0 Å². The van der Waals surface area contributed by atoms with E-state index in [-0.39, 0.29) is 10.6 Å². The van der Waals surface area contributed by atoms with Crippen LogP contribution < -0.4 is 0 Å². The predicted molar refractivity (Wildman–Crippen MR) is 69.2 cm³/mol. The number of halogens is 3. The number of hydrogen-bond acceptors (Lipinski definition) is 1. The molecule has 1 unspecified atom stereocenters. The molecule has 0 bridgehead atoms. The van der Waals surface area contributed by atoms with Crippen LogP contribution in [0.25, 0.3) is 0 Å². The van der Waals surface area contributed by atoms with Crippen molar-refractivity contribution in [3.63, 3.8) is 0 Å². The van der Waals surface area contributed by atoms with Gasteiger partial charge >= 0.3 is 0 Å². The molecule has 0 fully saturated rings. The van der Waals surface area contributed by atoms with Gasteiger partial charge in [-0.15, -0.1) is 0 Å². The van der Waals surface area contributed by atoms with Gasteiger partial charge in [-0.25, -0.2) is 0 Å². The van der Waals surface area contributed by atoms with Crippen LogP contribution in [-0.2, 0) is 4.79 Å². The molecule has 0 amide bonds. The average molecular weight is 418 g/mol. The maximum Gasteiger partial charge on any atom is 0.147 e. The third kappa shape index (κ3) is 2.76. The number of Topliss-reactive ketones (excluding diaryl/α,β-unsaturated/α-hetero) is 1. The summed E-state index contributed by atoms with van der Waals surface area (Å²) in [4.78, 5) is 10.9. The zero-order valence-electron chi connectivity index (χ0n) is 6.85. The van der Waals surface area contributed by atoms with Crippen molar-refractivity contribution in [3.05, 3.63) is 31.8 Å². The molecule has 4 heteroatoms. The first-order valence-corrected chi connectivity index (χ1v) is 6.41. The second-order valence-electron chi connectivity index (χ2n) is 2.62. The standard InChI is InChI=1S/C9H7Br2IO/c1-5(13)8(11)6-3-2-4-7(10)9(6)12/h2-4,8H,1H3. The SMILES string of the molecule is CC(=O)C(Br)c1cccc(Br)c1I. The Hall–Kier alpha value is 0.580. The van der Waals surface area contributed by atoms with Crippen LogP contribution in [0.15, 0.2) is 22.7 Å². The van der Waals surface area contributed by atoms with E-state index in [0.717, 1.165) is 13.6 Å². The van der Waals surface area contributed by atoms with Gasteiger partial charge in [0.15, 0.2) is 0 Å². The molecule has 1 rings (SSSR count). The smallest absolute Gasteiger partial charge is 0.147 e. The van der Waals surface area contributed by atoms with Crippen LogP contribution in [0.1, 0.15) is 17.3 Å². The lowest BCUT2D eigenvalue weighted by Crippen LogP contribution is -2.03. The van der Waals surface area contributed by atoms with Gasteiger partial charge in [-0.3, -0.25) is 4.79 Å². The molecule has 0 heterocycles. The van der Waals surface area contributed by atoms with Gasteiger partial charge in [0.1, 0.15) is 5.78 Å². The molecular formula is C9H7Br2IO. The molecule has 0 saturated heterocycles. The molecule has 13 heavy (non-hydrogen) atoms. The Morgan fingerprint density at radius 3 is 2.69 bits per heavy atom. The summed E-state index contributed by atoms with van der Waals surface area (Å²) in [5.41, 5.74) is 1.02. The highest BCUT2D eigenvalue weighted by atomic mass is 127. The molecular weight excluding hydrogens is 411 g/mol. The Morgan fingerprint density at radius 2 is 2.15 bits per heavy atom. The predicted octanol–water partition coefficient (Wildman–Crippen LogP) is 4.08. The molecule has 0 aliphatic rings. The number of alkyl halides is 1. The van der Waals surface area contributed by atoms with Crippen molar-refractivity contribution in [2.45, 2.75) is 11.8 Å². The molecule has 0 spiro atoms. The Kier molecular flexibility index (Phi) is 4.38. The lowest BCUT2D eigenvalue weighted by molar-refractivity contribution is -0.116. The molecule has 0 aromatic heterocycles. The summed E-state index contributed by atoms with van der Waals surface area (Å²) in [7, 11) is 0. The van der Waals surface area contributed by atoms with E-state index in [1.54, 1.807) is 6.92 Å². The Labute approximate surface area is 108 Å². The van der Waals surface area contributed by atoms with Gasteiger partial charge in [-0.1, -0.05) is 28.1 Å². The lowest BCUT2D eigenvalue weighted by atomic mass is 10.1. The van der Waals surface area contributed by atoms with Crippen molar-refractivity contribution in [1.82, 2.24) is 0 Å². The van der Waals surface area contributed by atoms with Gasteiger partial charge in [0.05, 0.1) is 4.83 Å². The van der Waals surface area contributed by atoms with E-state index in [1.165, 1.54) is 0 Å². The Bertz CT molecular complexity index is 338. The van der Waals surface area contributed by atoms with Crippen LogP contribution in [-0.4, -0.2) is 5.78 Å². The summed E-state index contributed by atoms with van der Waals surface area (Å²) in [6, 6.07) is 5.84. The fraction of sp³-hybridized carbons (Fsp3) is 0.222. The van der Waals surface area contributed by atoms with Crippen LogP contribution in [0.3, 0.4) is 0 Å². The number of carbonyl (C=O) groups is 1. The summed E-state index contributed by atoms with van der Waals surface area (Å²) in [5, 5.41) is 0. The number of ketones is 1. The van der Waals surface area contributed by atoms with E-state index < -0.39 is 0 Å². The minimum absolute atomic E-state index is 0.121. The van der Waals surface area contributed by atoms with Crippen LogP contribution in [0, 0.1) is 3.57 Å². The second kappa shape index (κ2) is 4.89. The number of hydrogen-bond donors (Lipinski definition) is 0. The highest BCUT2D eigenvalue weighted by Crippen LogP contribution is 2.31. The molecule has 0 N–H and O–H groups in total. The summed E-state index contributed by atoms with van der Waals surface area (Å²) < 4.78 is 2.11. The summed E-state index contributed by atoms with van der Waals surface area (Å²) >= 11 is 9.01. The first-order valence-electron chi connectivity index (χ1n) is 3.62. The first kappa shape index (κ1) is 11.7. The maximum atomic E-state index is 11.1. The molecule has 1 atom stereocenters. The van der Waals surface area contributed by atoms with Crippen LogP contribution >= 0.6 is 54.5 Å². The third-order valence-electron chi connectivity index (χ3n) is 1.61. The van der Waals surface area contributed by atoms with Gasteiger partial charge < -0.3 is 0 Å². The van der Waals surface area contributed by atoms with Gasteiger partial charge in [0.25, 0.3) is 0 Å². The maximum absolute atomic E-state index is 11.1. The van der Waals surface area contributed by atoms with Gasteiger partial charge in [0.2, 0.25) is 0 Å². The Balaban J connectivity index is 3.15. The lowest BCUT2D eigenvalue weighted by Gasteiger charge is -2.09. The molecule has 70 valence electrons. The van der Waals surface area contributed by atoms with Gasteiger partial charge in [0, 0.05) is 8.04 Å². The molecule has 0 radical (unpaired) electrons. The van der Waals surface area contributed by atoms with Crippen molar-refractivity contribution < 1.29 is 4.79 Å². The van der Waals surface area contributed by atoms with E-state index >= 15 is 0 Å². The largest absolute Gasteiger partial charge is 0.298 e. The third-order valence-corrected chi connectivity index (χ3v) is 5.36. The molecule has 1 aromatic rings. The van der Waals surface area contributed by atoms with Gasteiger partial charge in [-0.05, 0) is 57.1 Å². The van der Waals surface area contributed by atoms with E-state index in [9.17, 15) is 4.79 Å². The highest BCUT2D eigenvalue weighted by Gasteiger charge is 2.16. The highest BCUT2D eigenvalue weighted by molar-refractivity contribution is 14.1. The quantitative estimate of drug-likeness (QED) is 0.523. The Morgan fingerprint density at radius 1 is 1.54 bits per heavy atom. The van der Waals surface area contributed by atoms with Crippen molar-refractivity contribution in [3.8, 4) is 0 Å². The zero-order chi connectivity index (χ0) is 10.0. The normalized spacial score (nSPS) is 12.6. The molecule has 0 aliphatic heterocycles. The first-order chi connectivity index (χ1) is 6.04. The zero-order valence-corrected chi connectivity index (χ0v) is 12.2.